The number of carbonyl (C=O) groups excluding carboxylic acids is 2. The summed E-state index contributed by atoms with van der Waals surface area (Å²) in [5.41, 5.74) is 3.96. The van der Waals surface area contributed by atoms with Gasteiger partial charge in [0.05, 0.1) is 6.42 Å². The summed E-state index contributed by atoms with van der Waals surface area (Å²) in [7, 11) is 1.57. The summed E-state index contributed by atoms with van der Waals surface area (Å²) < 4.78 is 10.9. The molecule has 36 heavy (non-hydrogen) atoms. The summed E-state index contributed by atoms with van der Waals surface area (Å²) in [4.78, 5) is 37.5. The molecular weight excluding hydrogens is 460 g/mol. The molecule has 1 aliphatic carbocycles. The Morgan fingerprint density at radius 3 is 2.14 bits per heavy atom. The lowest BCUT2D eigenvalue weighted by Gasteiger charge is -2.27. The number of carbonyl (C=O) groups is 3. The van der Waals surface area contributed by atoms with E-state index in [-0.39, 0.29) is 18.9 Å². The fourth-order valence-electron chi connectivity index (χ4n) is 4.49. The van der Waals surface area contributed by atoms with Crippen LogP contribution in [0, 0.1) is 0 Å². The number of fused-ring (bicyclic) bond motifs is 3. The first-order valence-electron chi connectivity index (χ1n) is 12.3. The molecule has 0 unspecified atom stereocenters. The van der Waals surface area contributed by atoms with Gasteiger partial charge in [0.15, 0.2) is 0 Å². The van der Waals surface area contributed by atoms with Crippen LogP contribution in [0.2, 0.25) is 0 Å². The molecule has 2 aromatic rings. The molecule has 0 bridgehead atoms. The standard InChI is InChI=1S/C28H36N2O6/c1-28(2,3)36-26(33)29-16-10-9-11-19(17-25(31)32)30(4)27(34)35-18-24-22-14-7-5-12-20(22)21-13-6-8-15-23(21)24/h5-8,12-15,19,24H,9-11,16-18H2,1-4H3,(H,29,33)(H,31,32)/t19-/m0/s1. The van der Waals surface area contributed by atoms with Crippen LogP contribution in [0.4, 0.5) is 9.59 Å². The Hall–Kier alpha value is -3.55. The lowest BCUT2D eigenvalue weighted by atomic mass is 9.98. The molecule has 1 atom stereocenters. The van der Waals surface area contributed by atoms with Gasteiger partial charge in [0.1, 0.15) is 12.2 Å². The molecule has 2 amide bonds. The highest BCUT2D eigenvalue weighted by molar-refractivity contribution is 5.79. The number of hydrogen-bond acceptors (Lipinski definition) is 5. The first kappa shape index (κ1) is 27.0. The molecule has 0 fully saturated rings. The summed E-state index contributed by atoms with van der Waals surface area (Å²) in [6.45, 7) is 5.97. The van der Waals surface area contributed by atoms with Gasteiger partial charge < -0.3 is 24.8 Å². The molecule has 8 heteroatoms. The van der Waals surface area contributed by atoms with Crippen LogP contribution in [0.3, 0.4) is 0 Å². The zero-order valence-electron chi connectivity index (χ0n) is 21.5. The van der Waals surface area contributed by atoms with Gasteiger partial charge in [0.2, 0.25) is 0 Å². The van der Waals surface area contributed by atoms with Gasteiger partial charge in [-0.2, -0.15) is 0 Å². The maximum atomic E-state index is 12.9. The number of nitrogens with zero attached hydrogens (tertiary/aromatic N) is 1. The quantitative estimate of drug-likeness (QED) is 0.427. The second-order valence-electron chi connectivity index (χ2n) is 10.1. The number of amides is 2. The number of aliphatic carboxylic acids is 1. The maximum absolute atomic E-state index is 12.9. The van der Waals surface area contributed by atoms with E-state index in [4.69, 9.17) is 9.47 Å². The van der Waals surface area contributed by atoms with E-state index in [1.165, 1.54) is 4.90 Å². The zero-order valence-corrected chi connectivity index (χ0v) is 21.5. The zero-order chi connectivity index (χ0) is 26.3. The van der Waals surface area contributed by atoms with E-state index in [1.807, 2.05) is 24.3 Å². The van der Waals surface area contributed by atoms with Crippen LogP contribution < -0.4 is 5.32 Å². The molecule has 0 aliphatic heterocycles. The highest BCUT2D eigenvalue weighted by atomic mass is 16.6. The predicted molar refractivity (Wildman–Crippen MR) is 137 cm³/mol. The topological polar surface area (TPSA) is 105 Å². The third-order valence-corrected chi connectivity index (χ3v) is 6.21. The molecule has 0 radical (unpaired) electrons. The van der Waals surface area contributed by atoms with Crippen molar-refractivity contribution in [3.63, 3.8) is 0 Å². The smallest absolute Gasteiger partial charge is 0.409 e. The fourth-order valence-corrected chi connectivity index (χ4v) is 4.49. The third-order valence-electron chi connectivity index (χ3n) is 6.21. The Morgan fingerprint density at radius 2 is 1.58 bits per heavy atom. The molecule has 1 aliphatic rings. The van der Waals surface area contributed by atoms with E-state index >= 15 is 0 Å². The molecule has 3 rings (SSSR count). The summed E-state index contributed by atoms with van der Waals surface area (Å²) in [5.74, 6) is -1.04. The number of carboxylic acids is 1. The van der Waals surface area contributed by atoms with Gasteiger partial charge >= 0.3 is 18.2 Å². The van der Waals surface area contributed by atoms with Gasteiger partial charge in [-0.05, 0) is 62.3 Å². The largest absolute Gasteiger partial charge is 0.481 e. The Morgan fingerprint density at radius 1 is 1.00 bits per heavy atom. The highest BCUT2D eigenvalue weighted by Gasteiger charge is 2.30. The van der Waals surface area contributed by atoms with Gasteiger partial charge in [0, 0.05) is 25.6 Å². The van der Waals surface area contributed by atoms with Gasteiger partial charge in [-0.15, -0.1) is 0 Å². The average Bonchev–Trinajstić information content (AvgIpc) is 3.13. The van der Waals surface area contributed by atoms with Crippen molar-refractivity contribution in [1.29, 1.82) is 0 Å². The number of hydrogen-bond donors (Lipinski definition) is 2. The van der Waals surface area contributed by atoms with Gasteiger partial charge in [-0.1, -0.05) is 48.5 Å². The van der Waals surface area contributed by atoms with Crippen LogP contribution in [0.25, 0.3) is 11.1 Å². The summed E-state index contributed by atoms with van der Waals surface area (Å²) in [6.07, 6.45) is 0.529. The summed E-state index contributed by atoms with van der Waals surface area (Å²) in [6, 6.07) is 15.7. The van der Waals surface area contributed by atoms with Crippen molar-refractivity contribution in [2.45, 2.75) is 64.0 Å². The van der Waals surface area contributed by atoms with E-state index < -0.39 is 29.8 Å². The van der Waals surface area contributed by atoms with Crippen molar-refractivity contribution in [2.75, 3.05) is 20.2 Å². The number of rotatable bonds is 10. The van der Waals surface area contributed by atoms with E-state index in [0.29, 0.717) is 25.8 Å². The van der Waals surface area contributed by atoms with E-state index in [9.17, 15) is 19.5 Å². The Balaban J connectivity index is 1.53. The normalized spacial score (nSPS) is 13.3. The molecule has 2 aromatic carbocycles. The van der Waals surface area contributed by atoms with Crippen LogP contribution in [0.15, 0.2) is 48.5 Å². The van der Waals surface area contributed by atoms with Gasteiger partial charge in [-0.3, -0.25) is 4.79 Å². The SMILES string of the molecule is CN(C(=O)OCC1c2ccccc2-c2ccccc21)[C@@H](CCCCNC(=O)OC(C)(C)C)CC(=O)O. The second-order valence-corrected chi connectivity index (χ2v) is 10.1. The second kappa shape index (κ2) is 11.9. The molecule has 194 valence electrons. The number of benzene rings is 2. The first-order chi connectivity index (χ1) is 17.1. The average molecular weight is 497 g/mol. The number of nitrogens with one attached hydrogen (secondary N) is 1. The molecule has 0 heterocycles. The van der Waals surface area contributed by atoms with Crippen LogP contribution in [-0.4, -0.2) is 60.0 Å². The van der Waals surface area contributed by atoms with Crippen LogP contribution in [-0.2, 0) is 14.3 Å². The minimum Gasteiger partial charge on any atom is -0.481 e. The van der Waals surface area contributed by atoms with Crippen molar-refractivity contribution in [2.24, 2.45) is 0 Å². The van der Waals surface area contributed by atoms with Crippen molar-refractivity contribution < 1.29 is 29.0 Å². The predicted octanol–water partition coefficient (Wildman–Crippen LogP) is 5.41. The van der Waals surface area contributed by atoms with Crippen molar-refractivity contribution in [3.8, 4) is 11.1 Å². The van der Waals surface area contributed by atoms with E-state index in [1.54, 1.807) is 27.8 Å². The Labute approximate surface area is 212 Å². The monoisotopic (exact) mass is 496 g/mol. The van der Waals surface area contributed by atoms with Crippen LogP contribution in [0.1, 0.15) is 63.5 Å². The van der Waals surface area contributed by atoms with Crippen molar-refractivity contribution >= 4 is 18.2 Å². The molecule has 0 aromatic heterocycles. The maximum Gasteiger partial charge on any atom is 0.409 e. The van der Waals surface area contributed by atoms with Gasteiger partial charge in [-0.25, -0.2) is 9.59 Å². The lowest BCUT2D eigenvalue weighted by molar-refractivity contribution is -0.138. The molecule has 0 saturated carbocycles. The number of unbranched alkanes of at least 4 members (excludes halogenated alkanes) is 1. The third kappa shape index (κ3) is 7.23. The number of ether oxygens (including phenoxy) is 2. The Bertz CT molecular complexity index is 1030. The van der Waals surface area contributed by atoms with Crippen molar-refractivity contribution in [1.82, 2.24) is 10.2 Å². The van der Waals surface area contributed by atoms with E-state index in [0.717, 1.165) is 22.3 Å². The van der Waals surface area contributed by atoms with Gasteiger partial charge in [0.25, 0.3) is 0 Å². The molecular formula is C28H36N2O6. The van der Waals surface area contributed by atoms with E-state index in [2.05, 4.69) is 29.6 Å². The molecule has 0 spiro atoms. The van der Waals surface area contributed by atoms with Crippen LogP contribution >= 0.6 is 0 Å². The summed E-state index contributed by atoms with van der Waals surface area (Å²) in [5, 5.41) is 12.1. The van der Waals surface area contributed by atoms with Crippen LogP contribution in [0.5, 0.6) is 0 Å². The lowest BCUT2D eigenvalue weighted by Crippen LogP contribution is -2.39. The van der Waals surface area contributed by atoms with Crippen molar-refractivity contribution in [3.05, 3.63) is 59.7 Å². The molecule has 0 saturated heterocycles. The minimum atomic E-state index is -0.981. The first-order valence-corrected chi connectivity index (χ1v) is 12.3. The minimum absolute atomic E-state index is 0.0633. The Kier molecular flexibility index (Phi) is 8.96. The number of alkyl carbamates (subject to hydrolysis) is 1. The molecule has 8 nitrogen and oxygen atoms in total. The number of carboxylic acid groups (broad SMARTS) is 1. The summed E-state index contributed by atoms with van der Waals surface area (Å²) >= 11 is 0. The molecule has 2 N–H and O–H groups in total. The fraction of sp³-hybridized carbons (Fsp3) is 0.464. The highest BCUT2D eigenvalue weighted by Crippen LogP contribution is 2.44.